The van der Waals surface area contributed by atoms with Crippen molar-refractivity contribution in [2.45, 2.75) is 38.5 Å². The van der Waals surface area contributed by atoms with E-state index in [-0.39, 0.29) is 0 Å². The van der Waals surface area contributed by atoms with Crippen LogP contribution in [0.5, 0.6) is 0 Å². The third-order valence-corrected chi connectivity index (χ3v) is 5.39. The van der Waals surface area contributed by atoms with Crippen molar-refractivity contribution in [1.82, 2.24) is 0 Å². The molecule has 2 saturated carbocycles. The Kier molecular flexibility index (Phi) is 6.03. The largest absolute Gasteiger partial charge is 0.223 e. The molecule has 140 valence electrons. The number of hydrogen-bond donors (Lipinski definition) is 0. The lowest BCUT2D eigenvalue weighted by molar-refractivity contribution is 0.948. The van der Waals surface area contributed by atoms with Gasteiger partial charge in [0.1, 0.15) is 0 Å². The van der Waals surface area contributed by atoms with Crippen LogP contribution in [0, 0.1) is 0 Å². The smallest absolute Gasteiger partial charge is 0.219 e. The van der Waals surface area contributed by atoms with Crippen LogP contribution >= 0.6 is 12.2 Å². The molecule has 2 aliphatic carbocycles. The molecular formula is C25H24N2S. The van der Waals surface area contributed by atoms with Crippen LogP contribution in [0.2, 0.25) is 0 Å². The zero-order valence-electron chi connectivity index (χ0n) is 16.0. The Morgan fingerprint density at radius 2 is 1.07 bits per heavy atom. The lowest BCUT2D eigenvalue weighted by Crippen LogP contribution is -2.02. The van der Waals surface area contributed by atoms with Gasteiger partial charge in [0.2, 0.25) is 5.11 Å². The van der Waals surface area contributed by atoms with E-state index in [1.54, 1.807) is 0 Å². The van der Waals surface area contributed by atoms with E-state index in [4.69, 9.17) is 22.2 Å². The van der Waals surface area contributed by atoms with Crippen molar-refractivity contribution in [3.8, 4) is 0 Å². The third kappa shape index (κ3) is 4.79. The maximum Gasteiger partial charge on any atom is 0.219 e. The highest BCUT2D eigenvalue weighted by molar-refractivity contribution is 7.80. The standard InChI is InChI=1S/C25H24N2S/c28-25(26-23-15-7-13-21(23)17-19-9-3-1-4-10-19)27-24-16-8-14-22(24)18-20-11-5-2-6-12-20/h1-6,9-12,17-18H,7-8,13-16H2/b21-17+,22-18+,26-23?,27-24?. The molecule has 3 heteroatoms. The monoisotopic (exact) mass is 384 g/mol. The lowest BCUT2D eigenvalue weighted by Gasteiger charge is -2.03. The summed E-state index contributed by atoms with van der Waals surface area (Å²) in [5, 5.41) is 0.465. The Morgan fingerprint density at radius 3 is 1.50 bits per heavy atom. The fourth-order valence-electron chi connectivity index (χ4n) is 3.83. The predicted molar refractivity (Wildman–Crippen MR) is 124 cm³/mol. The van der Waals surface area contributed by atoms with Crippen molar-refractivity contribution in [3.05, 3.63) is 82.9 Å². The highest BCUT2D eigenvalue weighted by Crippen LogP contribution is 2.26. The molecule has 0 spiro atoms. The highest BCUT2D eigenvalue weighted by atomic mass is 32.1. The second-order valence-corrected chi connectivity index (χ2v) is 7.63. The van der Waals surface area contributed by atoms with Crippen molar-refractivity contribution < 1.29 is 0 Å². The first-order chi connectivity index (χ1) is 13.8. The summed E-state index contributed by atoms with van der Waals surface area (Å²) in [7, 11) is 0. The molecule has 0 aliphatic heterocycles. The molecule has 28 heavy (non-hydrogen) atoms. The highest BCUT2D eigenvalue weighted by Gasteiger charge is 2.18. The van der Waals surface area contributed by atoms with Gasteiger partial charge >= 0.3 is 0 Å². The van der Waals surface area contributed by atoms with E-state index in [0.717, 1.165) is 49.9 Å². The second kappa shape index (κ2) is 9.03. The lowest BCUT2D eigenvalue weighted by atomic mass is 10.1. The summed E-state index contributed by atoms with van der Waals surface area (Å²) in [5.41, 5.74) is 7.22. The van der Waals surface area contributed by atoms with Crippen molar-refractivity contribution >= 4 is 40.9 Å². The average Bonchev–Trinajstić information content (AvgIpc) is 3.33. The summed E-state index contributed by atoms with van der Waals surface area (Å²) in [6.45, 7) is 0. The first kappa shape index (κ1) is 18.7. The zero-order chi connectivity index (χ0) is 19.2. The van der Waals surface area contributed by atoms with Crippen molar-refractivity contribution in [1.29, 1.82) is 0 Å². The molecule has 2 nitrogen and oxygen atoms in total. The number of rotatable bonds is 2. The summed E-state index contributed by atoms with van der Waals surface area (Å²) >= 11 is 5.53. The SMILES string of the molecule is S=C(N=C1CCC/C1=C\c1ccccc1)N=C1CCC/C1=C\c1ccccc1. The van der Waals surface area contributed by atoms with Gasteiger partial charge in [0.25, 0.3) is 0 Å². The van der Waals surface area contributed by atoms with Gasteiger partial charge in [-0.05, 0) is 85.2 Å². The normalized spacial score (nSPS) is 22.6. The Bertz CT molecular complexity index is 887. The molecule has 2 aromatic rings. The summed E-state index contributed by atoms with van der Waals surface area (Å²) in [5.74, 6) is 0. The molecule has 0 atom stereocenters. The van der Waals surface area contributed by atoms with E-state index in [1.807, 2.05) is 12.1 Å². The van der Waals surface area contributed by atoms with Gasteiger partial charge in [-0.3, -0.25) is 0 Å². The van der Waals surface area contributed by atoms with Crippen molar-refractivity contribution in [2.75, 3.05) is 0 Å². The van der Waals surface area contributed by atoms with Gasteiger partial charge in [0.15, 0.2) is 0 Å². The molecule has 0 radical (unpaired) electrons. The van der Waals surface area contributed by atoms with Gasteiger partial charge in [-0.15, -0.1) is 0 Å². The van der Waals surface area contributed by atoms with Crippen molar-refractivity contribution in [2.24, 2.45) is 9.98 Å². The summed E-state index contributed by atoms with van der Waals surface area (Å²) < 4.78 is 0. The minimum Gasteiger partial charge on any atom is -0.223 e. The topological polar surface area (TPSA) is 24.7 Å². The third-order valence-electron chi connectivity index (χ3n) is 5.20. The summed E-state index contributed by atoms with van der Waals surface area (Å²) in [4.78, 5) is 9.45. The molecule has 0 N–H and O–H groups in total. The van der Waals surface area contributed by atoms with Gasteiger partial charge in [-0.2, -0.15) is 0 Å². The number of aliphatic imine (C=N–C) groups is 2. The van der Waals surface area contributed by atoms with Crippen LogP contribution in [0.15, 0.2) is 81.8 Å². The van der Waals surface area contributed by atoms with Gasteiger partial charge in [0, 0.05) is 11.4 Å². The average molecular weight is 385 g/mol. The maximum atomic E-state index is 5.53. The first-order valence-electron chi connectivity index (χ1n) is 9.99. The van der Waals surface area contributed by atoms with Crippen LogP contribution in [0.3, 0.4) is 0 Å². The quantitative estimate of drug-likeness (QED) is 0.529. The van der Waals surface area contributed by atoms with Gasteiger partial charge < -0.3 is 0 Å². The molecule has 2 fully saturated rings. The number of thiocarbonyl (C=S) groups is 1. The van der Waals surface area contributed by atoms with Crippen LogP contribution in [-0.4, -0.2) is 16.5 Å². The van der Waals surface area contributed by atoms with Crippen LogP contribution < -0.4 is 0 Å². The number of hydrogen-bond acceptors (Lipinski definition) is 1. The minimum absolute atomic E-state index is 0.465. The second-order valence-electron chi connectivity index (χ2n) is 7.27. The molecule has 0 bridgehead atoms. The summed E-state index contributed by atoms with van der Waals surface area (Å²) in [6, 6.07) is 20.8. The van der Waals surface area contributed by atoms with Crippen LogP contribution in [0.25, 0.3) is 12.2 Å². The van der Waals surface area contributed by atoms with Crippen molar-refractivity contribution in [3.63, 3.8) is 0 Å². The number of nitrogens with zero attached hydrogens (tertiary/aromatic N) is 2. The Morgan fingerprint density at radius 1 is 0.643 bits per heavy atom. The minimum atomic E-state index is 0.465. The van der Waals surface area contributed by atoms with E-state index in [9.17, 15) is 0 Å². The molecule has 0 heterocycles. The van der Waals surface area contributed by atoms with E-state index in [0.29, 0.717) is 5.11 Å². The molecular weight excluding hydrogens is 360 g/mol. The fourth-order valence-corrected chi connectivity index (χ4v) is 4.05. The molecule has 2 aromatic carbocycles. The Hall–Kier alpha value is -2.65. The Labute approximate surface area is 172 Å². The van der Waals surface area contributed by atoms with E-state index >= 15 is 0 Å². The molecule has 0 unspecified atom stereocenters. The molecule has 0 amide bonds. The van der Waals surface area contributed by atoms with Crippen LogP contribution in [0.1, 0.15) is 49.7 Å². The van der Waals surface area contributed by atoms with Gasteiger partial charge in [-0.1, -0.05) is 60.7 Å². The summed E-state index contributed by atoms with van der Waals surface area (Å²) in [6.07, 6.45) is 10.8. The Balaban J connectivity index is 1.54. The van der Waals surface area contributed by atoms with Crippen LogP contribution in [-0.2, 0) is 0 Å². The fraction of sp³-hybridized carbons (Fsp3) is 0.240. The number of benzene rings is 2. The maximum absolute atomic E-state index is 5.53. The van der Waals surface area contributed by atoms with Gasteiger partial charge in [0.05, 0.1) is 0 Å². The molecule has 0 aromatic heterocycles. The zero-order valence-corrected chi connectivity index (χ0v) is 16.8. The predicted octanol–water partition coefficient (Wildman–Crippen LogP) is 6.69. The van der Waals surface area contributed by atoms with E-state index in [2.05, 4.69) is 60.7 Å². The molecule has 2 aliphatic rings. The van der Waals surface area contributed by atoms with E-state index < -0.39 is 0 Å². The van der Waals surface area contributed by atoms with E-state index in [1.165, 1.54) is 22.3 Å². The molecule has 4 rings (SSSR count). The number of allylic oxidation sites excluding steroid dienone is 2. The van der Waals surface area contributed by atoms with Gasteiger partial charge in [-0.25, -0.2) is 9.98 Å². The molecule has 0 saturated heterocycles. The first-order valence-corrected chi connectivity index (χ1v) is 10.4. The van der Waals surface area contributed by atoms with Crippen LogP contribution in [0.4, 0.5) is 0 Å².